The molecule has 0 N–H and O–H groups in total. The molecule has 5 atom stereocenters. The van der Waals surface area contributed by atoms with Crippen LogP contribution in [0.15, 0.2) is 18.2 Å². The summed E-state index contributed by atoms with van der Waals surface area (Å²) in [5, 5.41) is -0.139. The highest BCUT2D eigenvalue weighted by atomic mass is 35.5. The van der Waals surface area contributed by atoms with Gasteiger partial charge in [0.05, 0.1) is 16.4 Å². The van der Waals surface area contributed by atoms with Crippen LogP contribution in [0.5, 0.6) is 0 Å². The molecular formula is C17H18ClFN2. The van der Waals surface area contributed by atoms with Gasteiger partial charge in [-0.05, 0) is 68.1 Å². The minimum atomic E-state index is -0.189. The molecule has 21 heavy (non-hydrogen) atoms. The fourth-order valence-electron chi connectivity index (χ4n) is 5.30. The molecule has 3 aliphatic rings. The van der Waals surface area contributed by atoms with Gasteiger partial charge in [-0.1, -0.05) is 0 Å². The third-order valence-electron chi connectivity index (χ3n) is 6.03. The summed E-state index contributed by atoms with van der Waals surface area (Å²) in [6, 6.07) is 5.40. The van der Waals surface area contributed by atoms with Gasteiger partial charge in [-0.15, -0.1) is 11.6 Å². The normalized spacial score (nSPS) is 38.0. The fraction of sp³-hybridized carbons (Fsp3) is 0.588. The summed E-state index contributed by atoms with van der Waals surface area (Å²) in [7, 11) is 0. The number of fused-ring (bicyclic) bond motifs is 6. The quantitative estimate of drug-likeness (QED) is 0.736. The summed E-state index contributed by atoms with van der Waals surface area (Å²) in [6.07, 6.45) is 4.18. The summed E-state index contributed by atoms with van der Waals surface area (Å²) in [6.45, 7) is 1.96. The second-order valence-electron chi connectivity index (χ2n) is 7.07. The van der Waals surface area contributed by atoms with Crippen LogP contribution in [0, 0.1) is 29.5 Å². The Balaban J connectivity index is 1.68. The Kier molecular flexibility index (Phi) is 2.38. The second-order valence-corrected chi connectivity index (χ2v) is 7.72. The van der Waals surface area contributed by atoms with Gasteiger partial charge >= 0.3 is 0 Å². The number of hydrogen-bond donors (Lipinski definition) is 0. The summed E-state index contributed by atoms with van der Waals surface area (Å²) in [5.74, 6) is 4.07. The Hall–Kier alpha value is -1.09. The minimum Gasteiger partial charge on any atom is -0.323 e. The molecule has 0 amide bonds. The van der Waals surface area contributed by atoms with Crippen LogP contribution in [0.25, 0.3) is 11.0 Å². The molecule has 5 rings (SSSR count). The Bertz CT molecular complexity index is 722. The van der Waals surface area contributed by atoms with E-state index in [1.165, 1.54) is 25.3 Å². The molecule has 1 aromatic heterocycles. The monoisotopic (exact) mass is 304 g/mol. The van der Waals surface area contributed by atoms with Crippen LogP contribution in [0.3, 0.4) is 0 Å². The maximum Gasteiger partial charge on any atom is 0.127 e. The Morgan fingerprint density at radius 2 is 2.00 bits per heavy atom. The molecule has 0 saturated heterocycles. The summed E-state index contributed by atoms with van der Waals surface area (Å²) >= 11 is 6.36. The van der Waals surface area contributed by atoms with Crippen molar-refractivity contribution in [1.82, 2.24) is 9.55 Å². The van der Waals surface area contributed by atoms with E-state index in [4.69, 9.17) is 11.6 Å². The highest BCUT2D eigenvalue weighted by molar-refractivity contribution is 6.20. The smallest absolute Gasteiger partial charge is 0.127 e. The highest BCUT2D eigenvalue weighted by Gasteiger charge is 2.66. The number of hydrogen-bond acceptors (Lipinski definition) is 1. The number of aromatic nitrogens is 2. The van der Waals surface area contributed by atoms with E-state index in [9.17, 15) is 4.39 Å². The number of nitrogens with zero attached hydrogens (tertiary/aromatic N) is 2. The predicted octanol–water partition coefficient (Wildman–Crippen LogP) is 4.69. The second kappa shape index (κ2) is 4.01. The number of rotatable bonds is 2. The maximum absolute atomic E-state index is 13.7. The first-order chi connectivity index (χ1) is 10.1. The van der Waals surface area contributed by atoms with Crippen LogP contribution in [0.2, 0.25) is 0 Å². The lowest BCUT2D eigenvalue weighted by molar-refractivity contribution is 0.451. The van der Waals surface area contributed by atoms with Crippen molar-refractivity contribution in [3.8, 4) is 0 Å². The van der Waals surface area contributed by atoms with E-state index in [1.807, 2.05) is 6.92 Å². The van der Waals surface area contributed by atoms with Gasteiger partial charge in [0, 0.05) is 6.04 Å². The molecule has 3 aliphatic carbocycles. The molecule has 0 aliphatic heterocycles. The summed E-state index contributed by atoms with van der Waals surface area (Å²) < 4.78 is 16.0. The number of benzene rings is 1. The molecule has 0 radical (unpaired) electrons. The zero-order valence-electron chi connectivity index (χ0n) is 12.0. The molecule has 1 heterocycles. The molecule has 4 heteroatoms. The zero-order chi connectivity index (χ0) is 14.3. The Morgan fingerprint density at radius 3 is 2.67 bits per heavy atom. The average Bonchev–Trinajstić information content (AvgIpc) is 2.81. The molecular weight excluding hydrogens is 287 g/mol. The average molecular weight is 305 g/mol. The third-order valence-corrected chi connectivity index (χ3v) is 6.22. The predicted molar refractivity (Wildman–Crippen MR) is 80.8 cm³/mol. The molecule has 2 nitrogen and oxygen atoms in total. The van der Waals surface area contributed by atoms with Gasteiger partial charge in [-0.25, -0.2) is 9.37 Å². The van der Waals surface area contributed by atoms with Gasteiger partial charge in [-0.2, -0.15) is 0 Å². The van der Waals surface area contributed by atoms with Gasteiger partial charge < -0.3 is 4.57 Å². The lowest BCUT2D eigenvalue weighted by Gasteiger charge is -2.15. The van der Waals surface area contributed by atoms with Crippen molar-refractivity contribution in [3.63, 3.8) is 0 Å². The highest BCUT2D eigenvalue weighted by Crippen LogP contribution is 2.72. The minimum absolute atomic E-state index is 0.139. The molecule has 0 spiro atoms. The van der Waals surface area contributed by atoms with Crippen LogP contribution >= 0.6 is 11.6 Å². The van der Waals surface area contributed by atoms with Crippen LogP contribution in [-0.4, -0.2) is 9.55 Å². The first kappa shape index (κ1) is 12.5. The molecule has 2 aromatic rings. The van der Waals surface area contributed by atoms with Gasteiger partial charge in [0.15, 0.2) is 0 Å². The molecule has 5 unspecified atom stereocenters. The fourth-order valence-corrected chi connectivity index (χ4v) is 5.46. The number of alkyl halides is 1. The van der Waals surface area contributed by atoms with Crippen molar-refractivity contribution < 1.29 is 4.39 Å². The Labute approximate surface area is 128 Å². The topological polar surface area (TPSA) is 17.8 Å². The zero-order valence-corrected chi connectivity index (χ0v) is 12.7. The van der Waals surface area contributed by atoms with Gasteiger partial charge in [0.2, 0.25) is 0 Å². The van der Waals surface area contributed by atoms with E-state index in [0.717, 1.165) is 40.5 Å². The van der Waals surface area contributed by atoms with Crippen LogP contribution in [-0.2, 0) is 0 Å². The van der Waals surface area contributed by atoms with Crippen molar-refractivity contribution in [1.29, 1.82) is 0 Å². The van der Waals surface area contributed by atoms with Crippen molar-refractivity contribution in [2.75, 3.05) is 0 Å². The molecule has 2 bridgehead atoms. The summed E-state index contributed by atoms with van der Waals surface area (Å²) in [4.78, 5) is 4.68. The van der Waals surface area contributed by atoms with E-state index in [-0.39, 0.29) is 11.2 Å². The van der Waals surface area contributed by atoms with Gasteiger partial charge in [0.25, 0.3) is 0 Å². The van der Waals surface area contributed by atoms with Crippen molar-refractivity contribution >= 4 is 22.6 Å². The molecule has 3 saturated carbocycles. The van der Waals surface area contributed by atoms with Crippen LogP contribution in [0.4, 0.5) is 4.39 Å². The molecule has 1 aromatic carbocycles. The van der Waals surface area contributed by atoms with E-state index >= 15 is 0 Å². The largest absolute Gasteiger partial charge is 0.323 e. The summed E-state index contributed by atoms with van der Waals surface area (Å²) in [5.41, 5.74) is 1.80. The first-order valence-corrected chi connectivity index (χ1v) is 8.40. The molecule has 3 fully saturated rings. The standard InChI is InChI=1S/C17H18ClFN2/c1-8(18)17-20-12-5-4-11(19)7-13(12)21(17)16-14-9-2-3-10(6-9)15(14)16/h4-5,7-10,14-16H,2-3,6H2,1H3. The van der Waals surface area contributed by atoms with E-state index in [1.54, 1.807) is 12.1 Å². The third kappa shape index (κ3) is 1.56. The van der Waals surface area contributed by atoms with E-state index < -0.39 is 0 Å². The lowest BCUT2D eigenvalue weighted by atomic mass is 10.0. The van der Waals surface area contributed by atoms with Crippen LogP contribution < -0.4 is 0 Å². The maximum atomic E-state index is 13.7. The van der Waals surface area contributed by atoms with Crippen LogP contribution in [0.1, 0.15) is 43.4 Å². The first-order valence-electron chi connectivity index (χ1n) is 7.96. The SMILES string of the molecule is CC(Cl)c1nc2ccc(F)cc2n1C1C2C3CCC(C3)C21. The molecule has 110 valence electrons. The van der Waals surface area contributed by atoms with Crippen molar-refractivity contribution in [2.45, 2.75) is 37.6 Å². The van der Waals surface area contributed by atoms with Gasteiger partial charge in [0.1, 0.15) is 11.6 Å². The number of imidazole rings is 1. The Morgan fingerprint density at radius 1 is 1.29 bits per heavy atom. The van der Waals surface area contributed by atoms with Crippen molar-refractivity contribution in [3.05, 3.63) is 29.8 Å². The number of halogens is 2. The van der Waals surface area contributed by atoms with Crippen molar-refractivity contribution in [2.24, 2.45) is 23.7 Å². The van der Waals surface area contributed by atoms with E-state index in [0.29, 0.717) is 6.04 Å². The van der Waals surface area contributed by atoms with E-state index in [2.05, 4.69) is 9.55 Å². The lowest BCUT2D eigenvalue weighted by Crippen LogP contribution is -2.09. The van der Waals surface area contributed by atoms with Gasteiger partial charge in [-0.3, -0.25) is 0 Å².